The van der Waals surface area contributed by atoms with E-state index >= 15 is 0 Å². The third-order valence-corrected chi connectivity index (χ3v) is 6.28. The summed E-state index contributed by atoms with van der Waals surface area (Å²) in [4.78, 5) is 2.80. The van der Waals surface area contributed by atoms with Crippen LogP contribution in [-0.4, -0.2) is 47.6 Å². The first-order chi connectivity index (χ1) is 9.19. The molecule has 0 aromatic heterocycles. The predicted octanol–water partition coefficient (Wildman–Crippen LogP) is 3.51. The molecule has 0 aromatic carbocycles. The van der Waals surface area contributed by atoms with Crippen molar-refractivity contribution in [2.45, 2.75) is 75.6 Å². The van der Waals surface area contributed by atoms with E-state index in [1.54, 1.807) is 0 Å². The van der Waals surface area contributed by atoms with E-state index in [4.69, 9.17) is 0 Å². The Labute approximate surface area is 124 Å². The molecule has 1 aliphatic carbocycles. The molecule has 19 heavy (non-hydrogen) atoms. The quantitative estimate of drug-likeness (QED) is 0.831. The highest BCUT2D eigenvalue weighted by atomic mass is 32.2. The number of nitrogens with zero attached hydrogens (tertiary/aromatic N) is 1. The number of piperazine rings is 1. The Kier molecular flexibility index (Phi) is 6.04. The highest BCUT2D eigenvalue weighted by Gasteiger charge is 2.39. The monoisotopic (exact) mass is 284 g/mol. The molecule has 2 unspecified atom stereocenters. The zero-order chi connectivity index (χ0) is 13.7. The van der Waals surface area contributed by atoms with E-state index in [9.17, 15) is 0 Å². The van der Waals surface area contributed by atoms with Gasteiger partial charge in [-0.05, 0) is 38.5 Å². The van der Waals surface area contributed by atoms with E-state index in [0.717, 1.165) is 11.3 Å². The fourth-order valence-electron chi connectivity index (χ4n) is 3.73. The number of nitrogens with one attached hydrogen (secondary N) is 1. The van der Waals surface area contributed by atoms with Gasteiger partial charge in [-0.2, -0.15) is 11.8 Å². The number of hydrogen-bond donors (Lipinski definition) is 1. The van der Waals surface area contributed by atoms with E-state index in [1.165, 1.54) is 64.6 Å². The first kappa shape index (κ1) is 15.7. The maximum Gasteiger partial charge on any atom is 0.0309 e. The van der Waals surface area contributed by atoms with Crippen LogP contribution in [0.3, 0.4) is 0 Å². The van der Waals surface area contributed by atoms with Crippen LogP contribution in [0.5, 0.6) is 0 Å². The molecule has 2 atom stereocenters. The van der Waals surface area contributed by atoms with Gasteiger partial charge >= 0.3 is 0 Å². The highest BCUT2D eigenvalue weighted by molar-refractivity contribution is 7.99. The Balaban J connectivity index is 1.92. The second kappa shape index (κ2) is 7.33. The van der Waals surface area contributed by atoms with Gasteiger partial charge in [-0.1, -0.05) is 33.1 Å². The third-order valence-electron chi connectivity index (χ3n) is 5.24. The first-order valence-electron chi connectivity index (χ1n) is 8.21. The molecule has 0 amide bonds. The minimum absolute atomic E-state index is 0.465. The van der Waals surface area contributed by atoms with Crippen molar-refractivity contribution in [3.05, 3.63) is 0 Å². The molecule has 1 aliphatic heterocycles. The first-order valence-corrected chi connectivity index (χ1v) is 9.50. The van der Waals surface area contributed by atoms with Crippen molar-refractivity contribution < 1.29 is 0 Å². The van der Waals surface area contributed by atoms with Crippen LogP contribution in [0.15, 0.2) is 0 Å². The maximum atomic E-state index is 3.92. The predicted molar refractivity (Wildman–Crippen MR) is 87.1 cm³/mol. The van der Waals surface area contributed by atoms with Gasteiger partial charge in [0, 0.05) is 29.9 Å². The Morgan fingerprint density at radius 3 is 2.68 bits per heavy atom. The van der Waals surface area contributed by atoms with E-state index in [1.807, 2.05) is 11.8 Å². The lowest BCUT2D eigenvalue weighted by molar-refractivity contribution is 0.0534. The average molecular weight is 285 g/mol. The van der Waals surface area contributed by atoms with Gasteiger partial charge in [-0.25, -0.2) is 0 Å². The molecule has 0 bridgehead atoms. The van der Waals surface area contributed by atoms with E-state index < -0.39 is 0 Å². The van der Waals surface area contributed by atoms with Gasteiger partial charge in [0.15, 0.2) is 0 Å². The molecule has 1 saturated carbocycles. The van der Waals surface area contributed by atoms with Gasteiger partial charge < -0.3 is 5.32 Å². The molecule has 2 rings (SSSR count). The molecule has 0 aromatic rings. The minimum atomic E-state index is 0.465. The maximum absolute atomic E-state index is 3.92. The molecule has 2 aliphatic rings. The largest absolute Gasteiger partial charge is 0.308 e. The molecular weight excluding hydrogens is 252 g/mol. The van der Waals surface area contributed by atoms with Gasteiger partial charge in [0.2, 0.25) is 0 Å². The van der Waals surface area contributed by atoms with Crippen molar-refractivity contribution in [1.29, 1.82) is 0 Å². The van der Waals surface area contributed by atoms with Crippen LogP contribution in [0, 0.1) is 0 Å². The van der Waals surface area contributed by atoms with Crippen LogP contribution in [-0.2, 0) is 0 Å². The molecule has 3 heteroatoms. The Morgan fingerprint density at radius 2 is 2.05 bits per heavy atom. The lowest BCUT2D eigenvalue weighted by atomic mass is 9.79. The summed E-state index contributed by atoms with van der Waals surface area (Å²) in [6, 6.07) is 0.765. The molecular formula is C16H32N2S. The molecule has 1 heterocycles. The second-order valence-electron chi connectivity index (χ2n) is 6.59. The summed E-state index contributed by atoms with van der Waals surface area (Å²) < 4.78 is 0. The summed E-state index contributed by atoms with van der Waals surface area (Å²) in [5, 5.41) is 4.72. The van der Waals surface area contributed by atoms with Crippen molar-refractivity contribution in [3.8, 4) is 0 Å². The summed E-state index contributed by atoms with van der Waals surface area (Å²) in [6.07, 6.45) is 12.0. The fraction of sp³-hybridized carbons (Fsp3) is 1.00. The number of thioether (sulfide) groups is 1. The van der Waals surface area contributed by atoms with Crippen molar-refractivity contribution in [2.24, 2.45) is 0 Å². The van der Waals surface area contributed by atoms with E-state index in [0.29, 0.717) is 5.54 Å². The Morgan fingerprint density at radius 1 is 1.32 bits per heavy atom. The topological polar surface area (TPSA) is 15.3 Å². The van der Waals surface area contributed by atoms with Crippen molar-refractivity contribution in [2.75, 3.05) is 25.9 Å². The SMILES string of the molecule is CCC1CNC2(CCCCC2)CN1CCC(C)SC. The van der Waals surface area contributed by atoms with E-state index in [2.05, 4.69) is 30.3 Å². The van der Waals surface area contributed by atoms with Crippen LogP contribution in [0.2, 0.25) is 0 Å². The van der Waals surface area contributed by atoms with Crippen molar-refractivity contribution in [3.63, 3.8) is 0 Å². The van der Waals surface area contributed by atoms with Crippen LogP contribution >= 0.6 is 11.8 Å². The lowest BCUT2D eigenvalue weighted by Crippen LogP contribution is -2.64. The van der Waals surface area contributed by atoms with Gasteiger partial charge in [0.25, 0.3) is 0 Å². The summed E-state index contributed by atoms with van der Waals surface area (Å²) in [5.41, 5.74) is 0.465. The average Bonchev–Trinajstić information content (AvgIpc) is 2.46. The number of hydrogen-bond acceptors (Lipinski definition) is 3. The van der Waals surface area contributed by atoms with E-state index in [-0.39, 0.29) is 0 Å². The molecule has 2 fully saturated rings. The van der Waals surface area contributed by atoms with Crippen molar-refractivity contribution in [1.82, 2.24) is 10.2 Å². The fourth-order valence-corrected chi connectivity index (χ4v) is 4.07. The molecule has 2 nitrogen and oxygen atoms in total. The molecule has 0 radical (unpaired) electrons. The molecule has 112 valence electrons. The summed E-state index contributed by atoms with van der Waals surface area (Å²) >= 11 is 2.01. The van der Waals surface area contributed by atoms with Gasteiger partial charge in [0.1, 0.15) is 0 Å². The van der Waals surface area contributed by atoms with Gasteiger partial charge in [-0.15, -0.1) is 0 Å². The lowest BCUT2D eigenvalue weighted by Gasteiger charge is -2.50. The standard InChI is InChI=1S/C16H32N2S/c1-4-15-12-17-16(9-6-5-7-10-16)13-18(15)11-8-14(2)19-3/h14-15,17H,4-13H2,1-3H3. The van der Waals surface area contributed by atoms with Crippen LogP contribution in [0.1, 0.15) is 58.8 Å². The summed E-state index contributed by atoms with van der Waals surface area (Å²) in [6.45, 7) is 8.51. The van der Waals surface area contributed by atoms with Crippen LogP contribution < -0.4 is 5.32 Å². The van der Waals surface area contributed by atoms with Crippen molar-refractivity contribution >= 4 is 11.8 Å². The third kappa shape index (κ3) is 4.12. The number of rotatable bonds is 5. The Bertz CT molecular complexity index is 263. The zero-order valence-electron chi connectivity index (χ0n) is 13.1. The minimum Gasteiger partial charge on any atom is -0.308 e. The molecule has 1 saturated heterocycles. The Hall–Kier alpha value is 0.270. The normalized spacial score (nSPS) is 29.5. The second-order valence-corrected chi connectivity index (χ2v) is 7.87. The van der Waals surface area contributed by atoms with Crippen LogP contribution in [0.25, 0.3) is 0 Å². The highest BCUT2D eigenvalue weighted by Crippen LogP contribution is 2.32. The van der Waals surface area contributed by atoms with Gasteiger partial charge in [0.05, 0.1) is 0 Å². The smallest absolute Gasteiger partial charge is 0.0309 e. The summed E-state index contributed by atoms with van der Waals surface area (Å²) in [7, 11) is 0. The summed E-state index contributed by atoms with van der Waals surface area (Å²) in [5.74, 6) is 0. The molecule has 1 spiro atoms. The molecule has 1 N–H and O–H groups in total. The van der Waals surface area contributed by atoms with Gasteiger partial charge in [-0.3, -0.25) is 4.90 Å². The van der Waals surface area contributed by atoms with Crippen LogP contribution in [0.4, 0.5) is 0 Å². The zero-order valence-corrected chi connectivity index (χ0v) is 13.9.